The van der Waals surface area contributed by atoms with Gasteiger partial charge >= 0.3 is 12.1 Å². The Morgan fingerprint density at radius 1 is 1.26 bits per heavy atom. The van der Waals surface area contributed by atoms with E-state index in [1.807, 2.05) is 19.2 Å². The molecule has 3 aliphatic rings. The van der Waals surface area contributed by atoms with Crippen LogP contribution in [0.15, 0.2) is 5.51 Å². The lowest BCUT2D eigenvalue weighted by molar-refractivity contribution is -0.176. The first-order valence-electron chi connectivity index (χ1n) is 12.9. The lowest BCUT2D eigenvalue weighted by Crippen LogP contribution is -2.61. The molecule has 1 saturated carbocycles. The molecule has 38 heavy (non-hydrogen) atoms. The van der Waals surface area contributed by atoms with Crippen LogP contribution in [0.2, 0.25) is 0 Å². The van der Waals surface area contributed by atoms with E-state index in [9.17, 15) is 32.8 Å². The molecule has 2 aliphatic carbocycles. The summed E-state index contributed by atoms with van der Waals surface area (Å²) in [5.41, 5.74) is 1.50. The first kappa shape index (κ1) is 28.3. The predicted octanol–water partition coefficient (Wildman–Crippen LogP) is 3.54. The number of nitriles is 1. The molecular weight excluding hydrogens is 519 g/mol. The zero-order chi connectivity index (χ0) is 28.2. The number of piperidine rings is 1. The molecule has 2 heterocycles. The average Bonchev–Trinajstić information content (AvgIpc) is 3.24. The van der Waals surface area contributed by atoms with Crippen LogP contribution in [0.1, 0.15) is 70.4 Å². The Bertz CT molecular complexity index is 1150. The number of rotatable bonds is 6. The molecule has 4 rings (SSSR count). The summed E-state index contributed by atoms with van der Waals surface area (Å²) in [6.45, 7) is 8.86. The topological polar surface area (TPSA) is 115 Å². The molecular formula is C26H34F3N5O3S. The molecule has 0 radical (unpaired) electrons. The number of amides is 3. The maximum absolute atomic E-state index is 13.6. The molecule has 1 saturated heterocycles. The number of halogens is 3. The van der Waals surface area contributed by atoms with Gasteiger partial charge in [-0.25, -0.2) is 4.98 Å². The Labute approximate surface area is 224 Å². The van der Waals surface area contributed by atoms with Crippen LogP contribution < -0.4 is 10.6 Å². The van der Waals surface area contributed by atoms with Crippen molar-refractivity contribution in [2.24, 2.45) is 22.7 Å². The fourth-order valence-corrected chi connectivity index (χ4v) is 7.10. The van der Waals surface area contributed by atoms with Crippen molar-refractivity contribution in [3.8, 4) is 6.07 Å². The summed E-state index contributed by atoms with van der Waals surface area (Å²) < 4.78 is 39.1. The summed E-state index contributed by atoms with van der Waals surface area (Å²) in [5, 5.41) is 14.5. The smallest absolute Gasteiger partial charge is 0.339 e. The van der Waals surface area contributed by atoms with E-state index in [-0.39, 0.29) is 29.7 Å². The quantitative estimate of drug-likeness (QED) is 0.559. The second-order valence-corrected chi connectivity index (χ2v) is 13.3. The number of hydrogen-bond acceptors (Lipinski definition) is 6. The first-order chi connectivity index (χ1) is 17.6. The molecule has 6 atom stereocenters. The van der Waals surface area contributed by atoms with Crippen molar-refractivity contribution in [2.45, 2.75) is 90.5 Å². The highest BCUT2D eigenvalue weighted by Gasteiger charge is 2.70. The Morgan fingerprint density at radius 3 is 2.55 bits per heavy atom. The van der Waals surface area contributed by atoms with Crippen LogP contribution in [0.4, 0.5) is 13.2 Å². The minimum absolute atomic E-state index is 0.00224. The Balaban J connectivity index is 1.53. The molecule has 2 unspecified atom stereocenters. The van der Waals surface area contributed by atoms with Crippen molar-refractivity contribution in [1.82, 2.24) is 20.5 Å². The number of alkyl halides is 3. The molecule has 0 bridgehead atoms. The van der Waals surface area contributed by atoms with Gasteiger partial charge in [-0.15, -0.1) is 11.3 Å². The number of aromatic nitrogens is 1. The van der Waals surface area contributed by atoms with Gasteiger partial charge in [0, 0.05) is 17.3 Å². The van der Waals surface area contributed by atoms with Crippen molar-refractivity contribution in [3.63, 3.8) is 0 Å². The van der Waals surface area contributed by atoms with Gasteiger partial charge in [-0.2, -0.15) is 18.4 Å². The van der Waals surface area contributed by atoms with Gasteiger partial charge in [-0.05, 0) is 48.3 Å². The molecule has 12 heteroatoms. The van der Waals surface area contributed by atoms with Gasteiger partial charge in [-0.1, -0.05) is 34.6 Å². The molecule has 0 spiro atoms. The SMILES string of the molecule is CC(C)(C)[C@H](NC(=O)C(F)(F)F)C(=O)N1C[C@H]2[C@@H]([C@H]1C(=O)NC(C#N)CC1CCCc3scnc31)C2(C)C. The van der Waals surface area contributed by atoms with Crippen LogP contribution in [-0.2, 0) is 20.8 Å². The monoisotopic (exact) mass is 553 g/mol. The van der Waals surface area contributed by atoms with Crippen LogP contribution in [0, 0.1) is 34.0 Å². The van der Waals surface area contributed by atoms with E-state index < -0.39 is 47.4 Å². The minimum atomic E-state index is -5.15. The highest BCUT2D eigenvalue weighted by molar-refractivity contribution is 7.09. The first-order valence-corrected chi connectivity index (χ1v) is 13.8. The van der Waals surface area contributed by atoms with E-state index >= 15 is 0 Å². The Hall–Kier alpha value is -2.68. The molecule has 0 aromatic carbocycles. The molecule has 8 nitrogen and oxygen atoms in total. The van der Waals surface area contributed by atoms with Gasteiger partial charge in [-0.3, -0.25) is 14.4 Å². The fourth-order valence-electron chi connectivity index (χ4n) is 6.20. The summed E-state index contributed by atoms with van der Waals surface area (Å²) in [6, 6.07) is -1.06. The highest BCUT2D eigenvalue weighted by Crippen LogP contribution is 2.65. The van der Waals surface area contributed by atoms with Gasteiger partial charge in [0.15, 0.2) is 0 Å². The lowest BCUT2D eigenvalue weighted by atomic mass is 9.85. The van der Waals surface area contributed by atoms with Crippen LogP contribution in [0.25, 0.3) is 0 Å². The second-order valence-electron chi connectivity index (χ2n) is 12.3. The second kappa shape index (κ2) is 9.81. The number of nitrogens with one attached hydrogen (secondary N) is 2. The van der Waals surface area contributed by atoms with Gasteiger partial charge in [0.25, 0.3) is 0 Å². The molecule has 2 N–H and O–H groups in total. The van der Waals surface area contributed by atoms with Crippen LogP contribution >= 0.6 is 11.3 Å². The van der Waals surface area contributed by atoms with E-state index in [0.717, 1.165) is 25.0 Å². The van der Waals surface area contributed by atoms with Crippen molar-refractivity contribution in [2.75, 3.05) is 6.54 Å². The Morgan fingerprint density at radius 2 is 1.95 bits per heavy atom. The van der Waals surface area contributed by atoms with Gasteiger partial charge in [0.05, 0.1) is 17.3 Å². The number of nitrogens with zero attached hydrogens (tertiary/aromatic N) is 3. The average molecular weight is 554 g/mol. The fraction of sp³-hybridized carbons (Fsp3) is 0.731. The number of thiazole rings is 1. The number of fused-ring (bicyclic) bond motifs is 2. The zero-order valence-corrected chi connectivity index (χ0v) is 23.0. The molecule has 1 aromatic rings. The summed E-state index contributed by atoms with van der Waals surface area (Å²) in [4.78, 5) is 45.9. The third-order valence-electron chi connectivity index (χ3n) is 8.41. The summed E-state index contributed by atoms with van der Waals surface area (Å²) in [6.07, 6.45) is -1.96. The van der Waals surface area contributed by atoms with Crippen molar-refractivity contribution in [3.05, 3.63) is 16.1 Å². The lowest BCUT2D eigenvalue weighted by Gasteiger charge is -2.38. The highest BCUT2D eigenvalue weighted by atomic mass is 32.1. The zero-order valence-electron chi connectivity index (χ0n) is 22.2. The largest absolute Gasteiger partial charge is 0.471 e. The van der Waals surface area contributed by atoms with Crippen LogP contribution in [0.5, 0.6) is 0 Å². The molecule has 3 amide bonds. The van der Waals surface area contributed by atoms with E-state index in [1.165, 1.54) is 9.78 Å². The molecule has 1 aromatic heterocycles. The maximum Gasteiger partial charge on any atom is 0.471 e. The predicted molar refractivity (Wildman–Crippen MR) is 134 cm³/mol. The normalized spacial score (nSPS) is 27.4. The van der Waals surface area contributed by atoms with E-state index in [2.05, 4.69) is 16.4 Å². The van der Waals surface area contributed by atoms with Gasteiger partial charge in [0.2, 0.25) is 11.8 Å². The third kappa shape index (κ3) is 5.26. The molecule has 2 fully saturated rings. The van der Waals surface area contributed by atoms with Gasteiger partial charge < -0.3 is 15.5 Å². The summed E-state index contributed by atoms with van der Waals surface area (Å²) in [5.74, 6) is -3.57. The molecule has 208 valence electrons. The standard InChI is InChI=1S/C26H34F3N5O3S/c1-24(2,3)20(33-23(37)26(27,28)29)22(36)34-11-15-17(25(15,4)5)19(34)21(35)32-14(10-30)9-13-7-6-8-16-18(13)31-12-38-16/h12-15,17,19-20H,6-9,11H2,1-5H3,(H,32,35)(H,33,37)/t13?,14?,15-,17-,19-,20+/m0/s1. The number of carbonyl (C=O) groups is 3. The summed E-state index contributed by atoms with van der Waals surface area (Å²) >= 11 is 1.59. The van der Waals surface area contributed by atoms with Crippen LogP contribution in [-0.4, -0.2) is 58.5 Å². The van der Waals surface area contributed by atoms with Crippen LogP contribution in [0.3, 0.4) is 0 Å². The van der Waals surface area contributed by atoms with Crippen molar-refractivity contribution >= 4 is 29.1 Å². The van der Waals surface area contributed by atoms with E-state index in [4.69, 9.17) is 0 Å². The number of hydrogen-bond donors (Lipinski definition) is 2. The number of carbonyl (C=O) groups excluding carboxylic acids is 3. The number of likely N-dealkylation sites (tertiary alicyclic amines) is 1. The van der Waals surface area contributed by atoms with Crippen molar-refractivity contribution in [1.29, 1.82) is 5.26 Å². The summed E-state index contributed by atoms with van der Waals surface area (Å²) in [7, 11) is 0. The maximum atomic E-state index is 13.6. The van der Waals surface area contributed by atoms with E-state index in [0.29, 0.717) is 6.42 Å². The molecule has 1 aliphatic heterocycles. The Kier molecular flexibility index (Phi) is 7.31. The van der Waals surface area contributed by atoms with Gasteiger partial charge in [0.1, 0.15) is 18.1 Å². The minimum Gasteiger partial charge on any atom is -0.339 e. The number of aryl methyl sites for hydroxylation is 1. The third-order valence-corrected chi connectivity index (χ3v) is 9.32. The van der Waals surface area contributed by atoms with E-state index in [1.54, 1.807) is 37.6 Å². The van der Waals surface area contributed by atoms with Crippen molar-refractivity contribution < 1.29 is 27.6 Å².